The van der Waals surface area contributed by atoms with Gasteiger partial charge in [0, 0.05) is 30.4 Å². The molecule has 2 N–H and O–H groups in total. The average Bonchev–Trinajstić information content (AvgIpc) is 3.35. The van der Waals surface area contributed by atoms with Crippen LogP contribution in [0.5, 0.6) is 0 Å². The molecule has 2 heterocycles. The van der Waals surface area contributed by atoms with E-state index in [1.165, 1.54) is 23.3 Å². The lowest BCUT2D eigenvalue weighted by Gasteiger charge is -2.18. The molecule has 0 saturated carbocycles. The maximum absolute atomic E-state index is 13.3. The lowest BCUT2D eigenvalue weighted by atomic mass is 9.93. The van der Waals surface area contributed by atoms with Crippen molar-refractivity contribution in [3.63, 3.8) is 0 Å². The number of halogens is 1. The van der Waals surface area contributed by atoms with E-state index in [4.69, 9.17) is 10.7 Å². The van der Waals surface area contributed by atoms with Gasteiger partial charge < -0.3 is 10.1 Å². The molecule has 1 atom stereocenters. The van der Waals surface area contributed by atoms with Gasteiger partial charge in [-0.3, -0.25) is 4.98 Å². The summed E-state index contributed by atoms with van der Waals surface area (Å²) in [4.78, 5) is 9.12. The van der Waals surface area contributed by atoms with Gasteiger partial charge in [0.05, 0.1) is 17.4 Å². The zero-order valence-electron chi connectivity index (χ0n) is 16.1. The summed E-state index contributed by atoms with van der Waals surface area (Å²) in [6.45, 7) is 0. The van der Waals surface area contributed by atoms with Crippen LogP contribution < -0.4 is 5.73 Å². The van der Waals surface area contributed by atoms with E-state index in [0.29, 0.717) is 5.92 Å². The van der Waals surface area contributed by atoms with Crippen molar-refractivity contribution in [3.8, 4) is 11.3 Å². The van der Waals surface area contributed by atoms with Crippen molar-refractivity contribution in [2.45, 2.75) is 31.7 Å². The minimum Gasteiger partial charge on any atom is -0.327 e. The molecule has 0 aliphatic heterocycles. The maximum atomic E-state index is 13.3. The van der Waals surface area contributed by atoms with Crippen molar-refractivity contribution in [2.24, 2.45) is 11.7 Å². The number of fused-ring (bicyclic) bond motifs is 2. The molecule has 146 valence electrons. The van der Waals surface area contributed by atoms with Crippen molar-refractivity contribution in [2.75, 3.05) is 0 Å². The van der Waals surface area contributed by atoms with Gasteiger partial charge in [0.15, 0.2) is 0 Å². The lowest BCUT2D eigenvalue weighted by molar-refractivity contribution is 0.414. The highest BCUT2D eigenvalue weighted by molar-refractivity contribution is 5.77. The van der Waals surface area contributed by atoms with Crippen LogP contribution in [0, 0.1) is 11.7 Å². The summed E-state index contributed by atoms with van der Waals surface area (Å²) in [5.41, 5.74) is 12.1. The molecule has 0 saturated heterocycles. The number of rotatable bonds is 5. The molecule has 1 aliphatic rings. The smallest absolute Gasteiger partial charge is 0.123 e. The van der Waals surface area contributed by atoms with Crippen molar-refractivity contribution in [1.29, 1.82) is 0 Å². The van der Waals surface area contributed by atoms with E-state index in [1.54, 1.807) is 18.3 Å². The summed E-state index contributed by atoms with van der Waals surface area (Å²) in [6.07, 6.45) is 9.29. The van der Waals surface area contributed by atoms with E-state index in [2.05, 4.69) is 33.7 Å². The highest BCUT2D eigenvalue weighted by Gasteiger charge is 2.26. The van der Waals surface area contributed by atoms with Crippen LogP contribution in [0.3, 0.4) is 0 Å². The van der Waals surface area contributed by atoms with Gasteiger partial charge in [-0.1, -0.05) is 24.3 Å². The Balaban J connectivity index is 1.36. The highest BCUT2D eigenvalue weighted by atomic mass is 19.1. The number of imidazole rings is 1. The van der Waals surface area contributed by atoms with Crippen molar-refractivity contribution in [1.82, 2.24) is 14.4 Å². The zero-order valence-corrected chi connectivity index (χ0v) is 16.1. The van der Waals surface area contributed by atoms with Crippen LogP contribution in [0.15, 0.2) is 67.1 Å². The standard InChI is InChI=1S/C24H23FN4/c25-20-7-5-16(6-8-20)24-22-15-27-11-12-29(22)23(28-24)10-9-21(26)19-13-17-3-1-2-4-18(17)14-19/h1-8,11-12,15,19,21H,9-10,13-14,26H2. The predicted octanol–water partition coefficient (Wildman–Crippen LogP) is 4.21. The molecule has 2 aromatic heterocycles. The first-order valence-electron chi connectivity index (χ1n) is 10.1. The Morgan fingerprint density at radius 2 is 1.79 bits per heavy atom. The number of aryl methyl sites for hydroxylation is 1. The fourth-order valence-electron chi connectivity index (χ4n) is 4.43. The van der Waals surface area contributed by atoms with E-state index in [0.717, 1.165) is 48.3 Å². The summed E-state index contributed by atoms with van der Waals surface area (Å²) in [5.74, 6) is 1.20. The molecule has 5 rings (SSSR count). The second-order valence-electron chi connectivity index (χ2n) is 7.85. The van der Waals surface area contributed by atoms with Crippen LogP contribution in [0.2, 0.25) is 0 Å². The Hall–Kier alpha value is -3.05. The molecular formula is C24H23FN4. The summed E-state index contributed by atoms with van der Waals surface area (Å²) < 4.78 is 15.4. The van der Waals surface area contributed by atoms with Gasteiger partial charge in [-0.05, 0) is 60.6 Å². The first-order valence-corrected chi connectivity index (χ1v) is 10.1. The topological polar surface area (TPSA) is 56.2 Å². The first-order chi connectivity index (χ1) is 14.2. The van der Waals surface area contributed by atoms with Crippen LogP contribution >= 0.6 is 0 Å². The Morgan fingerprint density at radius 1 is 1.07 bits per heavy atom. The molecule has 5 heteroatoms. The average molecular weight is 386 g/mol. The predicted molar refractivity (Wildman–Crippen MR) is 112 cm³/mol. The van der Waals surface area contributed by atoms with E-state index >= 15 is 0 Å². The van der Waals surface area contributed by atoms with Crippen LogP contribution in [-0.4, -0.2) is 20.4 Å². The molecule has 2 aromatic carbocycles. The summed E-state index contributed by atoms with van der Waals surface area (Å²) in [7, 11) is 0. The van der Waals surface area contributed by atoms with Crippen molar-refractivity contribution >= 4 is 5.52 Å². The Kier molecular flexibility index (Phi) is 4.60. The summed E-state index contributed by atoms with van der Waals surface area (Å²) in [6, 6.07) is 15.2. The van der Waals surface area contributed by atoms with E-state index < -0.39 is 0 Å². The zero-order chi connectivity index (χ0) is 19.8. The number of benzene rings is 2. The largest absolute Gasteiger partial charge is 0.327 e. The first kappa shape index (κ1) is 18.0. The highest BCUT2D eigenvalue weighted by Crippen LogP contribution is 2.30. The van der Waals surface area contributed by atoms with E-state index in [-0.39, 0.29) is 11.9 Å². The molecule has 1 aliphatic carbocycles. The lowest BCUT2D eigenvalue weighted by Crippen LogP contribution is -2.31. The Labute approximate surface area is 169 Å². The van der Waals surface area contributed by atoms with Crippen molar-refractivity contribution < 1.29 is 4.39 Å². The molecule has 0 radical (unpaired) electrons. The van der Waals surface area contributed by atoms with Gasteiger partial charge in [-0.25, -0.2) is 9.37 Å². The molecule has 29 heavy (non-hydrogen) atoms. The molecular weight excluding hydrogens is 363 g/mol. The number of nitrogens with two attached hydrogens (primary N) is 1. The normalized spacial score (nSPS) is 15.0. The van der Waals surface area contributed by atoms with E-state index in [1.807, 2.05) is 12.4 Å². The van der Waals surface area contributed by atoms with Gasteiger partial charge in [0.25, 0.3) is 0 Å². The molecule has 0 fully saturated rings. The van der Waals surface area contributed by atoms with Gasteiger partial charge in [0.1, 0.15) is 11.6 Å². The second kappa shape index (κ2) is 7.41. The third-order valence-electron chi connectivity index (χ3n) is 6.03. The molecule has 4 aromatic rings. The summed E-state index contributed by atoms with van der Waals surface area (Å²) >= 11 is 0. The van der Waals surface area contributed by atoms with Gasteiger partial charge >= 0.3 is 0 Å². The molecule has 1 unspecified atom stereocenters. The number of nitrogens with zero attached hydrogens (tertiary/aromatic N) is 3. The van der Waals surface area contributed by atoms with Crippen molar-refractivity contribution in [3.05, 3.63) is 89.9 Å². The van der Waals surface area contributed by atoms with Crippen LogP contribution in [-0.2, 0) is 19.3 Å². The van der Waals surface area contributed by atoms with Gasteiger partial charge in [0.2, 0.25) is 0 Å². The van der Waals surface area contributed by atoms with Crippen LogP contribution in [0.25, 0.3) is 16.8 Å². The van der Waals surface area contributed by atoms with E-state index in [9.17, 15) is 4.39 Å². The third kappa shape index (κ3) is 3.42. The minimum absolute atomic E-state index is 0.130. The monoisotopic (exact) mass is 386 g/mol. The molecule has 0 spiro atoms. The number of hydrogen-bond acceptors (Lipinski definition) is 3. The number of hydrogen-bond donors (Lipinski definition) is 1. The fraction of sp³-hybridized carbons (Fsp3) is 0.250. The Morgan fingerprint density at radius 3 is 2.52 bits per heavy atom. The number of aromatic nitrogens is 3. The third-order valence-corrected chi connectivity index (χ3v) is 6.03. The SMILES string of the molecule is NC(CCc1nc(-c2ccc(F)cc2)c2cnccn12)C1Cc2ccccc2C1. The second-order valence-corrected chi connectivity index (χ2v) is 7.85. The fourth-order valence-corrected chi connectivity index (χ4v) is 4.43. The maximum Gasteiger partial charge on any atom is 0.123 e. The molecule has 0 amide bonds. The van der Waals surface area contributed by atoms with Crippen LogP contribution in [0.1, 0.15) is 23.4 Å². The van der Waals surface area contributed by atoms with Crippen LogP contribution in [0.4, 0.5) is 4.39 Å². The summed E-state index contributed by atoms with van der Waals surface area (Å²) in [5, 5.41) is 0. The Bertz CT molecular complexity index is 1120. The molecule has 4 nitrogen and oxygen atoms in total. The minimum atomic E-state index is -0.251. The van der Waals surface area contributed by atoms with Gasteiger partial charge in [-0.2, -0.15) is 0 Å². The quantitative estimate of drug-likeness (QED) is 0.559. The van der Waals surface area contributed by atoms with Gasteiger partial charge in [-0.15, -0.1) is 0 Å². The molecule has 0 bridgehead atoms.